The minimum absolute atomic E-state index is 0.241. The molecule has 10 heteroatoms. The normalized spacial score (nSPS) is 23.1. The number of nitrogens with one attached hydrogen (secondary N) is 2. The van der Waals surface area contributed by atoms with Crippen LogP contribution in [0.4, 0.5) is 17.5 Å². The predicted octanol–water partition coefficient (Wildman–Crippen LogP) is 2.33. The summed E-state index contributed by atoms with van der Waals surface area (Å²) in [5, 5.41) is 27.3. The van der Waals surface area contributed by atoms with Gasteiger partial charge in [-0.05, 0) is 25.0 Å². The van der Waals surface area contributed by atoms with Crippen LogP contribution in [0.3, 0.4) is 0 Å². The fourth-order valence-corrected chi connectivity index (χ4v) is 4.02. The Labute approximate surface area is 183 Å². The quantitative estimate of drug-likeness (QED) is 0.362. The molecule has 2 aliphatic rings. The van der Waals surface area contributed by atoms with E-state index in [9.17, 15) is 10.2 Å². The fourth-order valence-electron chi connectivity index (χ4n) is 4.02. The molecule has 0 bridgehead atoms. The van der Waals surface area contributed by atoms with E-state index in [1.807, 2.05) is 30.3 Å². The number of para-hydroxylation sites is 1. The maximum absolute atomic E-state index is 10.2. The third-order valence-corrected chi connectivity index (χ3v) is 5.88. The summed E-state index contributed by atoms with van der Waals surface area (Å²) in [6.07, 6.45) is 4.12. The van der Waals surface area contributed by atoms with Gasteiger partial charge in [-0.3, -0.25) is 9.55 Å². The topological polar surface area (TPSA) is 130 Å². The van der Waals surface area contributed by atoms with Gasteiger partial charge in [0, 0.05) is 17.8 Å². The molecule has 164 valence electrons. The highest BCUT2D eigenvalue weighted by Gasteiger charge is 2.35. The summed E-state index contributed by atoms with van der Waals surface area (Å²) in [6, 6.07) is 10.3. The van der Waals surface area contributed by atoms with Gasteiger partial charge < -0.3 is 25.6 Å². The summed E-state index contributed by atoms with van der Waals surface area (Å²) in [7, 11) is 0. The Kier molecular flexibility index (Phi) is 4.63. The summed E-state index contributed by atoms with van der Waals surface area (Å²) < 4.78 is 7.62. The monoisotopic (exact) mass is 433 g/mol. The first-order chi connectivity index (χ1) is 15.7. The van der Waals surface area contributed by atoms with Gasteiger partial charge >= 0.3 is 0 Å². The van der Waals surface area contributed by atoms with Gasteiger partial charge in [-0.1, -0.05) is 18.2 Å². The maximum Gasteiger partial charge on any atom is 0.231 e. The van der Waals surface area contributed by atoms with Gasteiger partial charge in [-0.25, -0.2) is 4.98 Å². The fraction of sp³-hybridized carbons (Fsp3) is 0.364. The average molecular weight is 433 g/mol. The van der Waals surface area contributed by atoms with E-state index >= 15 is 0 Å². The lowest BCUT2D eigenvalue weighted by atomic mass is 10.2. The number of aliphatic hydroxyl groups excluding tert-OH is 2. The van der Waals surface area contributed by atoms with Crippen LogP contribution in [-0.4, -0.2) is 59.6 Å². The molecule has 4 N–H and O–H groups in total. The number of aliphatic hydroxyl groups is 2. The Hall–Kier alpha value is -3.34. The zero-order valence-electron chi connectivity index (χ0n) is 17.2. The highest BCUT2D eigenvalue weighted by atomic mass is 16.5. The molecule has 1 aliphatic heterocycles. The van der Waals surface area contributed by atoms with Crippen molar-refractivity contribution in [2.24, 2.45) is 0 Å². The first kappa shape index (κ1) is 19.4. The number of rotatable bonds is 6. The van der Waals surface area contributed by atoms with E-state index in [2.05, 4.69) is 25.6 Å². The van der Waals surface area contributed by atoms with E-state index in [0.717, 1.165) is 29.4 Å². The summed E-state index contributed by atoms with van der Waals surface area (Å²) in [5.41, 5.74) is 2.93. The van der Waals surface area contributed by atoms with E-state index in [1.54, 1.807) is 17.1 Å². The number of hydrogen-bond acceptors (Lipinski definition) is 9. The van der Waals surface area contributed by atoms with Crippen LogP contribution in [0.15, 0.2) is 42.9 Å². The van der Waals surface area contributed by atoms with E-state index < -0.39 is 18.4 Å². The molecule has 4 aromatic rings. The Morgan fingerprint density at radius 3 is 2.84 bits per heavy atom. The molecule has 32 heavy (non-hydrogen) atoms. The van der Waals surface area contributed by atoms with Crippen molar-refractivity contribution >= 4 is 39.5 Å². The number of aromatic nitrogens is 5. The molecule has 1 saturated heterocycles. The Balaban J connectivity index is 1.39. The van der Waals surface area contributed by atoms with E-state index in [-0.39, 0.29) is 6.61 Å². The second-order valence-corrected chi connectivity index (χ2v) is 8.29. The van der Waals surface area contributed by atoms with Crippen molar-refractivity contribution in [2.75, 3.05) is 17.2 Å². The Morgan fingerprint density at radius 2 is 2.03 bits per heavy atom. The van der Waals surface area contributed by atoms with Crippen LogP contribution < -0.4 is 10.6 Å². The van der Waals surface area contributed by atoms with E-state index in [1.165, 1.54) is 0 Å². The molecule has 0 amide bonds. The summed E-state index contributed by atoms with van der Waals surface area (Å²) in [5.74, 6) is 1.07. The van der Waals surface area contributed by atoms with Gasteiger partial charge in [-0.2, -0.15) is 9.97 Å². The van der Waals surface area contributed by atoms with E-state index in [4.69, 9.17) is 9.72 Å². The van der Waals surface area contributed by atoms with Crippen molar-refractivity contribution < 1.29 is 14.9 Å². The van der Waals surface area contributed by atoms with Gasteiger partial charge in [-0.15, -0.1) is 0 Å². The Morgan fingerprint density at radius 1 is 1.16 bits per heavy atom. The van der Waals surface area contributed by atoms with Gasteiger partial charge in [0.1, 0.15) is 12.3 Å². The van der Waals surface area contributed by atoms with Gasteiger partial charge in [0.2, 0.25) is 5.95 Å². The van der Waals surface area contributed by atoms with Crippen molar-refractivity contribution in [2.45, 2.75) is 43.7 Å². The van der Waals surface area contributed by atoms with Crippen molar-refractivity contribution in [1.29, 1.82) is 0 Å². The standard InChI is InChI=1S/C22H23N7O3/c30-10-17-16(31)8-18(32-17)29-11-24-19-20(25-13-5-6-13)27-22(28-21(19)29)26-14-7-12-3-1-2-4-15(12)23-9-14/h1-4,7,9,11,13,16-18,30-31H,5-6,8,10H2,(H2,25,26,27,28). The lowest BCUT2D eigenvalue weighted by Crippen LogP contribution is -2.24. The predicted molar refractivity (Wildman–Crippen MR) is 119 cm³/mol. The second-order valence-electron chi connectivity index (χ2n) is 8.29. The van der Waals surface area contributed by atoms with Gasteiger partial charge in [0.15, 0.2) is 17.0 Å². The lowest BCUT2D eigenvalue weighted by Gasteiger charge is -2.15. The van der Waals surface area contributed by atoms with Crippen molar-refractivity contribution in [3.8, 4) is 0 Å². The number of anilines is 3. The number of ether oxygens (including phenoxy) is 1. The molecular weight excluding hydrogens is 410 g/mol. The number of imidazole rings is 1. The largest absolute Gasteiger partial charge is 0.394 e. The Bertz CT molecular complexity index is 1290. The molecule has 0 spiro atoms. The summed E-state index contributed by atoms with van der Waals surface area (Å²) >= 11 is 0. The van der Waals surface area contributed by atoms with Crippen LogP contribution in [0.5, 0.6) is 0 Å². The van der Waals surface area contributed by atoms with Gasteiger partial charge in [0.25, 0.3) is 0 Å². The molecule has 2 fully saturated rings. The zero-order chi connectivity index (χ0) is 21.7. The average Bonchev–Trinajstić information content (AvgIpc) is 3.39. The first-order valence-electron chi connectivity index (χ1n) is 10.8. The highest BCUT2D eigenvalue weighted by Crippen LogP contribution is 2.34. The van der Waals surface area contributed by atoms with Crippen molar-refractivity contribution in [3.63, 3.8) is 0 Å². The van der Waals surface area contributed by atoms with Crippen LogP contribution in [-0.2, 0) is 4.74 Å². The van der Waals surface area contributed by atoms with Crippen LogP contribution in [0.1, 0.15) is 25.5 Å². The lowest BCUT2D eigenvalue weighted by molar-refractivity contribution is -0.0432. The highest BCUT2D eigenvalue weighted by molar-refractivity contribution is 5.86. The molecule has 1 aliphatic carbocycles. The van der Waals surface area contributed by atoms with Crippen molar-refractivity contribution in [3.05, 3.63) is 42.9 Å². The number of hydrogen-bond donors (Lipinski definition) is 4. The third-order valence-electron chi connectivity index (χ3n) is 5.88. The summed E-state index contributed by atoms with van der Waals surface area (Å²) in [6.45, 7) is -0.241. The molecule has 6 rings (SSSR count). The molecule has 3 atom stereocenters. The van der Waals surface area contributed by atoms with Crippen molar-refractivity contribution in [1.82, 2.24) is 24.5 Å². The molecular formula is C22H23N7O3. The summed E-state index contributed by atoms with van der Waals surface area (Å²) in [4.78, 5) is 18.4. The smallest absolute Gasteiger partial charge is 0.231 e. The second kappa shape index (κ2) is 7.66. The minimum Gasteiger partial charge on any atom is -0.394 e. The molecule has 3 aromatic heterocycles. The number of pyridine rings is 1. The molecule has 4 heterocycles. The third kappa shape index (κ3) is 3.52. The maximum atomic E-state index is 10.2. The molecule has 1 aromatic carbocycles. The minimum atomic E-state index is -0.741. The SMILES string of the molecule is OCC1OC(n2cnc3c(NC4CC4)nc(Nc4cnc5ccccc5c4)nc32)CC1O. The number of benzene rings is 1. The van der Waals surface area contributed by atoms with E-state index in [0.29, 0.717) is 35.4 Å². The van der Waals surface area contributed by atoms with Crippen LogP contribution in [0.2, 0.25) is 0 Å². The van der Waals surface area contributed by atoms with Crippen LogP contribution in [0, 0.1) is 0 Å². The van der Waals surface area contributed by atoms with Crippen LogP contribution >= 0.6 is 0 Å². The first-order valence-corrected chi connectivity index (χ1v) is 10.8. The van der Waals surface area contributed by atoms with Gasteiger partial charge in [0.05, 0.1) is 36.4 Å². The molecule has 10 nitrogen and oxygen atoms in total. The number of nitrogens with zero attached hydrogens (tertiary/aromatic N) is 5. The zero-order valence-corrected chi connectivity index (χ0v) is 17.2. The molecule has 3 unspecified atom stereocenters. The molecule has 0 radical (unpaired) electrons. The van der Waals surface area contributed by atoms with Crippen LogP contribution in [0.25, 0.3) is 22.1 Å². The number of fused-ring (bicyclic) bond motifs is 2. The molecule has 1 saturated carbocycles.